The number of halogens is 3. The Morgan fingerprint density at radius 2 is 1.14 bits per heavy atom. The molecular weight excluding hydrogens is 705 g/mol. The second-order valence-electron chi connectivity index (χ2n) is 10.5. The van der Waals surface area contributed by atoms with E-state index in [1.807, 2.05) is 36.4 Å². The first-order chi connectivity index (χ1) is 24.2. The molecule has 6 nitrogen and oxygen atoms in total. The number of allylic oxidation sites excluding steroid dienone is 6. The minimum absolute atomic E-state index is 0.294. The molecule has 0 saturated heterocycles. The van der Waals surface area contributed by atoms with E-state index in [1.165, 1.54) is 6.07 Å². The summed E-state index contributed by atoms with van der Waals surface area (Å²) < 4.78 is 50.3. The Morgan fingerprint density at radius 1 is 0.580 bits per heavy atom. The normalized spacial score (nSPS) is 11.1. The standard InChI is InChI=1S/C20H17FO2.C14H12BrFO2.C6H6BO2/c1-22-16-9-11-20(23-2)18(13-16)17-10-8-15(12-19(17)21)14-6-4-3-5-7-14;1-17-10-4-6-14(18-2)12(8-10)11-5-3-9(15)7-13(11)16;8-7(9)6-4-2-1-3-5-6/h3-13H,1-2H3;3-8H,1-2H3;1-4,8-9H/q;;+1. The lowest BCUT2D eigenvalue weighted by Crippen LogP contribution is -2.14. The predicted octanol–water partition coefficient (Wildman–Crippen LogP) is 9.30. The van der Waals surface area contributed by atoms with Crippen molar-refractivity contribution >= 4 is 23.0 Å². The van der Waals surface area contributed by atoms with E-state index in [0.717, 1.165) is 11.1 Å². The molecule has 0 spiro atoms. The maximum atomic E-state index is 14.7. The van der Waals surface area contributed by atoms with E-state index in [9.17, 15) is 8.78 Å². The molecule has 0 atom stereocenters. The van der Waals surface area contributed by atoms with Gasteiger partial charge in [0, 0.05) is 51.0 Å². The summed E-state index contributed by atoms with van der Waals surface area (Å²) in [5.41, 5.74) is 4.53. The first-order valence-corrected chi connectivity index (χ1v) is 16.1. The van der Waals surface area contributed by atoms with Crippen LogP contribution in [-0.2, 0) is 0 Å². The van der Waals surface area contributed by atoms with Crippen molar-refractivity contribution in [3.05, 3.63) is 155 Å². The Morgan fingerprint density at radius 3 is 1.58 bits per heavy atom. The van der Waals surface area contributed by atoms with Gasteiger partial charge in [-0.25, -0.2) is 8.78 Å². The average Bonchev–Trinajstić information content (AvgIpc) is 3.15. The van der Waals surface area contributed by atoms with Crippen molar-refractivity contribution in [1.29, 1.82) is 0 Å². The van der Waals surface area contributed by atoms with Gasteiger partial charge in [0.25, 0.3) is 0 Å². The lowest BCUT2D eigenvalue weighted by molar-refractivity contribution is 0.404. The van der Waals surface area contributed by atoms with Crippen LogP contribution in [0.4, 0.5) is 8.78 Å². The number of methoxy groups -OCH3 is 4. The summed E-state index contributed by atoms with van der Waals surface area (Å²) in [4.78, 5) is 0. The molecular formula is C40H35BBrF2O6+. The van der Waals surface area contributed by atoms with Crippen molar-refractivity contribution in [1.82, 2.24) is 0 Å². The molecule has 254 valence electrons. The third-order valence-electron chi connectivity index (χ3n) is 7.41. The largest absolute Gasteiger partial charge is 0.526 e. The summed E-state index contributed by atoms with van der Waals surface area (Å²) >= 11 is 3.24. The quantitative estimate of drug-likeness (QED) is 0.122. The summed E-state index contributed by atoms with van der Waals surface area (Å²) in [7, 11) is 4.89. The van der Waals surface area contributed by atoms with Crippen LogP contribution in [0.5, 0.6) is 23.0 Å². The van der Waals surface area contributed by atoms with Gasteiger partial charge in [-0.1, -0.05) is 64.5 Å². The number of ether oxygens (including phenoxy) is 4. The number of hydrogen-bond donors (Lipinski definition) is 2. The van der Waals surface area contributed by atoms with Gasteiger partial charge in [0.15, 0.2) is 0 Å². The molecule has 2 N–H and O–H groups in total. The van der Waals surface area contributed by atoms with Gasteiger partial charge < -0.3 is 29.0 Å². The highest BCUT2D eigenvalue weighted by atomic mass is 79.9. The Balaban J connectivity index is 0.000000184. The van der Waals surface area contributed by atoms with Crippen LogP contribution in [0.25, 0.3) is 33.4 Å². The van der Waals surface area contributed by atoms with Crippen LogP contribution in [-0.4, -0.2) is 45.6 Å². The maximum Gasteiger partial charge on any atom is 0.526 e. The molecule has 6 rings (SSSR count). The van der Waals surface area contributed by atoms with Crippen LogP contribution >= 0.6 is 15.9 Å². The second kappa shape index (κ2) is 18.5. The van der Waals surface area contributed by atoms with Crippen molar-refractivity contribution in [2.75, 3.05) is 28.4 Å². The molecule has 10 heteroatoms. The van der Waals surface area contributed by atoms with Crippen molar-refractivity contribution in [2.45, 2.75) is 0 Å². The molecule has 0 radical (unpaired) electrons. The molecule has 0 aliphatic heterocycles. The fourth-order valence-electron chi connectivity index (χ4n) is 4.87. The van der Waals surface area contributed by atoms with E-state index in [4.69, 9.17) is 29.0 Å². The highest BCUT2D eigenvalue weighted by Gasteiger charge is 2.19. The Hall–Kier alpha value is -5.25. The van der Waals surface area contributed by atoms with Gasteiger partial charge in [-0.2, -0.15) is 0 Å². The Labute approximate surface area is 299 Å². The summed E-state index contributed by atoms with van der Waals surface area (Å²) in [5, 5.41) is 17.1. The van der Waals surface area contributed by atoms with Gasteiger partial charge in [-0.05, 0) is 65.7 Å². The topological polar surface area (TPSA) is 77.4 Å². The van der Waals surface area contributed by atoms with Gasteiger partial charge >= 0.3 is 7.12 Å². The molecule has 0 unspecified atom stereocenters. The molecule has 1 aliphatic rings. The van der Waals surface area contributed by atoms with Gasteiger partial charge in [0.2, 0.25) is 0 Å². The van der Waals surface area contributed by atoms with Crippen LogP contribution in [0, 0.1) is 17.7 Å². The van der Waals surface area contributed by atoms with Crippen LogP contribution in [0.3, 0.4) is 0 Å². The average molecular weight is 740 g/mol. The molecule has 5 aromatic rings. The van der Waals surface area contributed by atoms with E-state index in [1.54, 1.807) is 113 Å². The molecule has 0 aromatic heterocycles. The zero-order valence-corrected chi connectivity index (χ0v) is 29.4. The van der Waals surface area contributed by atoms with E-state index in [0.29, 0.717) is 55.2 Å². The van der Waals surface area contributed by atoms with Gasteiger partial charge in [-0.3, -0.25) is 0 Å². The fourth-order valence-corrected chi connectivity index (χ4v) is 5.20. The monoisotopic (exact) mass is 739 g/mol. The minimum atomic E-state index is -1.40. The zero-order chi connectivity index (χ0) is 36.0. The molecule has 0 bridgehead atoms. The molecule has 0 heterocycles. The van der Waals surface area contributed by atoms with Crippen molar-refractivity contribution < 1.29 is 37.8 Å². The Bertz CT molecular complexity index is 1980. The predicted molar refractivity (Wildman–Crippen MR) is 198 cm³/mol. The van der Waals surface area contributed by atoms with Gasteiger partial charge in [-0.15, -0.1) is 0 Å². The molecule has 0 saturated carbocycles. The second-order valence-corrected chi connectivity index (χ2v) is 11.4. The molecule has 5 aromatic carbocycles. The lowest BCUT2D eigenvalue weighted by Gasteiger charge is -2.12. The summed E-state index contributed by atoms with van der Waals surface area (Å²) in [6, 6.07) is 30.5. The minimum Gasteiger partial charge on any atom is -0.497 e. The van der Waals surface area contributed by atoms with E-state index >= 15 is 0 Å². The van der Waals surface area contributed by atoms with Crippen molar-refractivity contribution in [2.24, 2.45) is 0 Å². The fraction of sp³-hybridized carbons (Fsp3) is 0.100. The number of hydrogen-bond acceptors (Lipinski definition) is 6. The van der Waals surface area contributed by atoms with Crippen molar-refractivity contribution in [3.63, 3.8) is 0 Å². The molecule has 1 aliphatic carbocycles. The Kier molecular flexibility index (Phi) is 13.9. The highest BCUT2D eigenvalue weighted by Crippen LogP contribution is 2.37. The molecule has 0 amide bonds. The lowest BCUT2D eigenvalue weighted by atomic mass is 9.78. The zero-order valence-electron chi connectivity index (χ0n) is 27.9. The van der Waals surface area contributed by atoms with E-state index in [2.05, 4.69) is 22.0 Å². The van der Waals surface area contributed by atoms with Crippen molar-refractivity contribution in [3.8, 4) is 56.4 Å². The number of benzene rings is 5. The first-order valence-electron chi connectivity index (χ1n) is 15.3. The van der Waals surface area contributed by atoms with Crippen LogP contribution in [0.2, 0.25) is 0 Å². The SMILES string of the molecule is COc1ccc(OC)c(-c2ccc(-c3ccccc3)cc2F)c1.COc1ccc(OC)c(-c2ccc(Br)cc2F)c1.OB(O)C1=CC=CC=[C+]1. The third-order valence-corrected chi connectivity index (χ3v) is 7.91. The molecule has 0 fully saturated rings. The summed E-state index contributed by atoms with van der Waals surface area (Å²) in [6.07, 6.45) is 9.40. The molecule has 50 heavy (non-hydrogen) atoms. The van der Waals surface area contributed by atoms with Crippen LogP contribution in [0.15, 0.2) is 137 Å². The maximum absolute atomic E-state index is 14.7. The van der Waals surface area contributed by atoms with E-state index < -0.39 is 7.12 Å². The summed E-state index contributed by atoms with van der Waals surface area (Å²) in [5.74, 6) is 1.93. The number of rotatable bonds is 8. The summed E-state index contributed by atoms with van der Waals surface area (Å²) in [6.45, 7) is 0. The van der Waals surface area contributed by atoms with E-state index in [-0.39, 0.29) is 11.6 Å². The first kappa shape index (κ1) is 37.6. The van der Waals surface area contributed by atoms with Crippen LogP contribution in [0.1, 0.15) is 0 Å². The highest BCUT2D eigenvalue weighted by molar-refractivity contribution is 9.10. The van der Waals surface area contributed by atoms with Crippen LogP contribution < -0.4 is 18.9 Å². The smallest absolute Gasteiger partial charge is 0.497 e. The van der Waals surface area contributed by atoms with Gasteiger partial charge in [0.1, 0.15) is 46.2 Å². The third kappa shape index (κ3) is 9.90. The van der Waals surface area contributed by atoms with Gasteiger partial charge in [0.05, 0.1) is 28.4 Å².